The van der Waals surface area contributed by atoms with Crippen LogP contribution in [0.25, 0.3) is 0 Å². The normalized spacial score (nSPS) is 22.1. The summed E-state index contributed by atoms with van der Waals surface area (Å²) in [4.78, 5) is 24.5. The van der Waals surface area contributed by atoms with Gasteiger partial charge in [-0.25, -0.2) is 0 Å². The number of ether oxygens (including phenoxy) is 1. The fourth-order valence-electron chi connectivity index (χ4n) is 2.59. The van der Waals surface area contributed by atoms with Crippen molar-refractivity contribution >= 4 is 17.3 Å². The van der Waals surface area contributed by atoms with E-state index < -0.39 is 4.92 Å². The quantitative estimate of drug-likeness (QED) is 0.519. The van der Waals surface area contributed by atoms with E-state index in [4.69, 9.17) is 10.5 Å². The molecule has 0 saturated carbocycles. The minimum absolute atomic E-state index is 0.0253. The van der Waals surface area contributed by atoms with Crippen molar-refractivity contribution in [3.8, 4) is 0 Å². The number of likely N-dealkylation sites (tertiary alicyclic amines) is 1. The summed E-state index contributed by atoms with van der Waals surface area (Å²) in [6, 6.07) is 4.29. The molecule has 0 spiro atoms. The van der Waals surface area contributed by atoms with Crippen LogP contribution in [0.2, 0.25) is 0 Å². The first-order valence-electron chi connectivity index (χ1n) is 6.80. The van der Waals surface area contributed by atoms with E-state index in [1.165, 1.54) is 18.2 Å². The molecule has 1 saturated heterocycles. The number of nitrogens with zero attached hydrogens (tertiary/aromatic N) is 2. The highest BCUT2D eigenvalue weighted by Crippen LogP contribution is 2.27. The summed E-state index contributed by atoms with van der Waals surface area (Å²) in [6.07, 6.45) is 0.807. The third-order valence-electron chi connectivity index (χ3n) is 3.99. The van der Waals surface area contributed by atoms with Gasteiger partial charge in [-0.3, -0.25) is 14.9 Å². The van der Waals surface area contributed by atoms with Crippen LogP contribution in [0.15, 0.2) is 18.2 Å². The molecular formula is C14H19N3O4. The Morgan fingerprint density at radius 1 is 1.52 bits per heavy atom. The van der Waals surface area contributed by atoms with E-state index in [2.05, 4.69) is 6.92 Å². The minimum Gasteiger partial charge on any atom is -0.393 e. The first-order valence-corrected chi connectivity index (χ1v) is 6.80. The Morgan fingerprint density at radius 3 is 2.86 bits per heavy atom. The van der Waals surface area contributed by atoms with Crippen LogP contribution in [0.1, 0.15) is 23.7 Å². The number of carbonyl (C=O) groups excluding carboxylic acids is 1. The van der Waals surface area contributed by atoms with Gasteiger partial charge in [0.25, 0.3) is 11.6 Å². The molecule has 0 aliphatic carbocycles. The topological polar surface area (TPSA) is 98.7 Å². The fourth-order valence-corrected chi connectivity index (χ4v) is 2.59. The van der Waals surface area contributed by atoms with E-state index in [0.29, 0.717) is 19.0 Å². The van der Waals surface area contributed by atoms with Gasteiger partial charge in [0.05, 0.1) is 16.6 Å². The zero-order valence-electron chi connectivity index (χ0n) is 12.1. The number of amides is 1. The molecule has 7 nitrogen and oxygen atoms in total. The van der Waals surface area contributed by atoms with Gasteiger partial charge in [0, 0.05) is 26.3 Å². The number of hydrogen-bond donors (Lipinski definition) is 1. The van der Waals surface area contributed by atoms with Crippen LogP contribution in [0, 0.1) is 16.0 Å². The number of piperidine rings is 1. The monoisotopic (exact) mass is 293 g/mol. The number of methoxy groups -OCH3 is 1. The summed E-state index contributed by atoms with van der Waals surface area (Å²) < 4.78 is 5.38. The second kappa shape index (κ2) is 6.09. The number of benzene rings is 1. The molecule has 21 heavy (non-hydrogen) atoms. The predicted octanol–water partition coefficient (Wildman–Crippen LogP) is 1.67. The minimum atomic E-state index is -0.581. The molecular weight excluding hydrogens is 274 g/mol. The van der Waals surface area contributed by atoms with E-state index in [-0.39, 0.29) is 28.9 Å². The van der Waals surface area contributed by atoms with E-state index in [0.717, 1.165) is 6.42 Å². The maximum Gasteiger partial charge on any atom is 0.292 e. The van der Waals surface area contributed by atoms with Crippen molar-refractivity contribution in [3.63, 3.8) is 0 Å². The fraction of sp³-hybridized carbons (Fsp3) is 0.500. The van der Waals surface area contributed by atoms with Crippen LogP contribution in [-0.2, 0) is 4.74 Å². The second-order valence-electron chi connectivity index (χ2n) is 5.29. The van der Waals surface area contributed by atoms with Crippen molar-refractivity contribution in [3.05, 3.63) is 33.9 Å². The molecule has 1 aromatic rings. The number of nitrogens with two attached hydrogens (primary N) is 1. The predicted molar refractivity (Wildman–Crippen MR) is 78.0 cm³/mol. The van der Waals surface area contributed by atoms with Gasteiger partial charge in [0.15, 0.2) is 0 Å². The largest absolute Gasteiger partial charge is 0.393 e. The van der Waals surface area contributed by atoms with Crippen molar-refractivity contribution in [2.75, 3.05) is 25.9 Å². The Kier molecular flexibility index (Phi) is 4.42. The molecule has 1 aliphatic rings. The Balaban J connectivity index is 2.25. The van der Waals surface area contributed by atoms with Crippen molar-refractivity contribution in [1.29, 1.82) is 0 Å². The zero-order valence-corrected chi connectivity index (χ0v) is 12.1. The van der Waals surface area contributed by atoms with Gasteiger partial charge in [-0.05, 0) is 18.4 Å². The standard InChI is InChI=1S/C14H19N3O4/c1-9-6-7-16(8-12(9)21-2)14(18)10-4-3-5-11(13(10)15)17(19)20/h3-5,9,12H,6-8,15H2,1-2H3. The summed E-state index contributed by atoms with van der Waals surface area (Å²) in [5.74, 6) is 0.0895. The van der Waals surface area contributed by atoms with Gasteiger partial charge in [-0.2, -0.15) is 0 Å². The van der Waals surface area contributed by atoms with Gasteiger partial charge in [0.2, 0.25) is 0 Å². The molecule has 1 heterocycles. The Morgan fingerprint density at radius 2 is 2.24 bits per heavy atom. The van der Waals surface area contributed by atoms with Crippen molar-refractivity contribution < 1.29 is 14.5 Å². The molecule has 0 bridgehead atoms. The smallest absolute Gasteiger partial charge is 0.292 e. The number of nitrogen functional groups attached to an aromatic ring is 1. The number of anilines is 1. The third-order valence-corrected chi connectivity index (χ3v) is 3.99. The van der Waals surface area contributed by atoms with Crippen LogP contribution < -0.4 is 5.73 Å². The maximum atomic E-state index is 12.5. The van der Waals surface area contributed by atoms with E-state index in [1.807, 2.05) is 0 Å². The van der Waals surface area contributed by atoms with Crippen LogP contribution in [0.5, 0.6) is 0 Å². The first-order chi connectivity index (χ1) is 9.95. The lowest BCUT2D eigenvalue weighted by Gasteiger charge is -2.36. The SMILES string of the molecule is COC1CN(C(=O)c2cccc([N+](=O)[O-])c2N)CCC1C. The van der Waals surface area contributed by atoms with Crippen LogP contribution in [0.4, 0.5) is 11.4 Å². The number of rotatable bonds is 3. The number of nitro benzene ring substituents is 1. The number of hydrogen-bond acceptors (Lipinski definition) is 5. The molecule has 2 atom stereocenters. The molecule has 2 unspecified atom stereocenters. The zero-order chi connectivity index (χ0) is 15.6. The first kappa shape index (κ1) is 15.2. The summed E-state index contributed by atoms with van der Waals surface area (Å²) in [7, 11) is 1.62. The molecule has 1 amide bonds. The van der Waals surface area contributed by atoms with Crippen LogP contribution in [0.3, 0.4) is 0 Å². The lowest BCUT2D eigenvalue weighted by atomic mass is 9.95. The van der Waals surface area contributed by atoms with Gasteiger partial charge in [-0.15, -0.1) is 0 Å². The van der Waals surface area contributed by atoms with Crippen LogP contribution >= 0.6 is 0 Å². The maximum absolute atomic E-state index is 12.5. The second-order valence-corrected chi connectivity index (χ2v) is 5.29. The van der Waals surface area contributed by atoms with Crippen LogP contribution in [-0.4, -0.2) is 42.0 Å². The molecule has 1 aromatic carbocycles. The van der Waals surface area contributed by atoms with E-state index in [1.54, 1.807) is 12.0 Å². The third kappa shape index (κ3) is 2.97. The summed E-state index contributed by atoms with van der Waals surface area (Å²) in [5, 5.41) is 10.9. The van der Waals surface area contributed by atoms with Crippen molar-refractivity contribution in [1.82, 2.24) is 4.90 Å². The average molecular weight is 293 g/mol. The number of para-hydroxylation sites is 1. The van der Waals surface area contributed by atoms with Gasteiger partial charge in [-0.1, -0.05) is 13.0 Å². The van der Waals surface area contributed by atoms with E-state index in [9.17, 15) is 14.9 Å². The Labute approximate surface area is 122 Å². The summed E-state index contributed by atoms with van der Waals surface area (Å²) in [6.45, 7) is 3.15. The molecule has 0 radical (unpaired) electrons. The van der Waals surface area contributed by atoms with Crippen molar-refractivity contribution in [2.24, 2.45) is 5.92 Å². The molecule has 1 aliphatic heterocycles. The van der Waals surface area contributed by atoms with Gasteiger partial charge >= 0.3 is 0 Å². The lowest BCUT2D eigenvalue weighted by Crippen LogP contribution is -2.46. The lowest BCUT2D eigenvalue weighted by molar-refractivity contribution is -0.383. The van der Waals surface area contributed by atoms with Crippen molar-refractivity contribution in [2.45, 2.75) is 19.4 Å². The van der Waals surface area contributed by atoms with Gasteiger partial charge in [0.1, 0.15) is 5.69 Å². The average Bonchev–Trinajstić information content (AvgIpc) is 2.47. The summed E-state index contributed by atoms with van der Waals surface area (Å²) >= 11 is 0. The highest BCUT2D eigenvalue weighted by atomic mass is 16.6. The number of nitro groups is 1. The Bertz CT molecular complexity index is 561. The molecule has 7 heteroatoms. The molecule has 2 rings (SSSR count). The summed E-state index contributed by atoms with van der Waals surface area (Å²) in [5.41, 5.74) is 5.62. The Hall–Kier alpha value is -2.15. The highest BCUT2D eigenvalue weighted by Gasteiger charge is 2.31. The molecule has 2 N–H and O–H groups in total. The highest BCUT2D eigenvalue weighted by molar-refractivity contribution is 6.01. The van der Waals surface area contributed by atoms with E-state index >= 15 is 0 Å². The van der Waals surface area contributed by atoms with Gasteiger partial charge < -0.3 is 15.4 Å². The molecule has 0 aromatic heterocycles. The number of carbonyl (C=O) groups is 1. The molecule has 1 fully saturated rings. The molecule has 114 valence electrons.